The minimum Gasteiger partial charge on any atom is -0.294 e. The zero-order chi connectivity index (χ0) is 11.6. The predicted octanol–water partition coefficient (Wildman–Crippen LogP) is 3.72. The number of aryl methyl sites for hydroxylation is 1. The van der Waals surface area contributed by atoms with Gasteiger partial charge in [0.2, 0.25) is 0 Å². The molecular formula is C15H23N. The summed E-state index contributed by atoms with van der Waals surface area (Å²) in [4.78, 5) is 2.63. The fourth-order valence-electron chi connectivity index (χ4n) is 2.60. The summed E-state index contributed by atoms with van der Waals surface area (Å²) in [5.41, 5.74) is 2.98. The zero-order valence-corrected chi connectivity index (χ0v) is 10.8. The van der Waals surface area contributed by atoms with Crippen LogP contribution in [0.15, 0.2) is 24.3 Å². The van der Waals surface area contributed by atoms with Crippen LogP contribution < -0.4 is 0 Å². The zero-order valence-electron chi connectivity index (χ0n) is 10.8. The van der Waals surface area contributed by atoms with Gasteiger partial charge in [-0.25, -0.2) is 0 Å². The molecule has 0 unspecified atom stereocenters. The van der Waals surface area contributed by atoms with Crippen LogP contribution in [0.3, 0.4) is 0 Å². The van der Waals surface area contributed by atoms with Gasteiger partial charge >= 0.3 is 0 Å². The van der Waals surface area contributed by atoms with Crippen LogP contribution in [0.1, 0.15) is 44.2 Å². The summed E-state index contributed by atoms with van der Waals surface area (Å²) in [6, 6.07) is 9.01. The van der Waals surface area contributed by atoms with Gasteiger partial charge in [0.15, 0.2) is 0 Å². The summed E-state index contributed by atoms with van der Waals surface area (Å²) < 4.78 is 0. The van der Waals surface area contributed by atoms with E-state index in [1.54, 1.807) is 0 Å². The van der Waals surface area contributed by atoms with Crippen LogP contribution in [0.4, 0.5) is 0 Å². The molecule has 0 aromatic heterocycles. The summed E-state index contributed by atoms with van der Waals surface area (Å²) in [5, 5.41) is 0. The molecule has 1 aliphatic rings. The first-order valence-corrected chi connectivity index (χ1v) is 6.43. The van der Waals surface area contributed by atoms with Crippen molar-refractivity contribution < 1.29 is 0 Å². The topological polar surface area (TPSA) is 3.24 Å². The third kappa shape index (κ3) is 2.30. The number of nitrogens with zero attached hydrogens (tertiary/aromatic N) is 1. The molecule has 0 amide bonds. The second-order valence-electron chi connectivity index (χ2n) is 5.47. The highest BCUT2D eigenvalue weighted by Crippen LogP contribution is 2.30. The van der Waals surface area contributed by atoms with Crippen LogP contribution in [0.5, 0.6) is 0 Å². The van der Waals surface area contributed by atoms with E-state index in [9.17, 15) is 0 Å². The Balaban J connectivity index is 2.19. The quantitative estimate of drug-likeness (QED) is 0.730. The molecule has 16 heavy (non-hydrogen) atoms. The van der Waals surface area contributed by atoms with Gasteiger partial charge in [0.05, 0.1) is 0 Å². The third-order valence-electron chi connectivity index (χ3n) is 3.90. The number of benzene rings is 1. The second-order valence-corrected chi connectivity index (χ2v) is 5.47. The molecule has 1 fully saturated rings. The Morgan fingerprint density at radius 1 is 0.938 bits per heavy atom. The summed E-state index contributed by atoms with van der Waals surface area (Å²) in [7, 11) is 0. The smallest absolute Gasteiger partial charge is 0.0404 e. The van der Waals surface area contributed by atoms with Crippen molar-refractivity contribution in [1.82, 2.24) is 4.90 Å². The highest BCUT2D eigenvalue weighted by Gasteiger charge is 2.29. The highest BCUT2D eigenvalue weighted by molar-refractivity contribution is 5.27. The van der Waals surface area contributed by atoms with E-state index in [-0.39, 0.29) is 5.54 Å². The fraction of sp³-hybridized carbons (Fsp3) is 0.600. The minimum atomic E-state index is 0.189. The highest BCUT2D eigenvalue weighted by atomic mass is 15.2. The first-order chi connectivity index (χ1) is 7.60. The van der Waals surface area contributed by atoms with Crippen LogP contribution in [-0.2, 0) is 5.54 Å². The molecule has 1 heterocycles. The Morgan fingerprint density at radius 3 is 2.06 bits per heavy atom. The minimum absolute atomic E-state index is 0.189. The van der Waals surface area contributed by atoms with Crippen LogP contribution in [0.25, 0.3) is 0 Å². The van der Waals surface area contributed by atoms with E-state index in [1.165, 1.54) is 43.5 Å². The lowest BCUT2D eigenvalue weighted by Gasteiger charge is -2.41. The molecule has 2 rings (SSSR count). The number of piperidine rings is 1. The van der Waals surface area contributed by atoms with Gasteiger partial charge in [0, 0.05) is 5.54 Å². The molecule has 1 heteroatoms. The normalized spacial score (nSPS) is 18.7. The molecule has 0 bridgehead atoms. The van der Waals surface area contributed by atoms with E-state index in [0.717, 1.165) is 0 Å². The van der Waals surface area contributed by atoms with Crippen molar-refractivity contribution in [1.29, 1.82) is 0 Å². The third-order valence-corrected chi connectivity index (χ3v) is 3.90. The summed E-state index contributed by atoms with van der Waals surface area (Å²) >= 11 is 0. The van der Waals surface area contributed by atoms with Crippen molar-refractivity contribution in [2.75, 3.05) is 13.1 Å². The lowest BCUT2D eigenvalue weighted by molar-refractivity contribution is 0.0943. The molecule has 1 aliphatic heterocycles. The van der Waals surface area contributed by atoms with Crippen molar-refractivity contribution in [2.45, 2.75) is 45.6 Å². The van der Waals surface area contributed by atoms with Gasteiger partial charge in [-0.05, 0) is 52.3 Å². The maximum atomic E-state index is 2.63. The molecule has 88 valence electrons. The van der Waals surface area contributed by atoms with Crippen LogP contribution >= 0.6 is 0 Å². The lowest BCUT2D eigenvalue weighted by atomic mass is 9.90. The van der Waals surface area contributed by atoms with Crippen molar-refractivity contribution in [3.8, 4) is 0 Å². The first-order valence-electron chi connectivity index (χ1n) is 6.43. The molecule has 1 aromatic rings. The van der Waals surface area contributed by atoms with Gasteiger partial charge in [-0.2, -0.15) is 0 Å². The summed E-state index contributed by atoms with van der Waals surface area (Å²) in [6.45, 7) is 9.35. The van der Waals surface area contributed by atoms with Gasteiger partial charge in [-0.15, -0.1) is 0 Å². The van der Waals surface area contributed by atoms with Crippen molar-refractivity contribution in [3.63, 3.8) is 0 Å². The number of hydrogen-bond donors (Lipinski definition) is 0. The number of likely N-dealkylation sites (tertiary alicyclic amines) is 1. The van der Waals surface area contributed by atoms with Gasteiger partial charge in [-0.1, -0.05) is 36.2 Å². The van der Waals surface area contributed by atoms with Crippen molar-refractivity contribution >= 4 is 0 Å². The molecule has 0 aliphatic carbocycles. The average Bonchev–Trinajstić information content (AvgIpc) is 2.31. The van der Waals surface area contributed by atoms with Gasteiger partial charge < -0.3 is 0 Å². The Labute approximate surface area is 99.5 Å². The summed E-state index contributed by atoms with van der Waals surface area (Å²) in [5.74, 6) is 0. The number of rotatable bonds is 2. The van der Waals surface area contributed by atoms with Crippen LogP contribution in [0, 0.1) is 6.92 Å². The Bertz CT molecular complexity index is 331. The van der Waals surface area contributed by atoms with Crippen molar-refractivity contribution in [2.24, 2.45) is 0 Å². The largest absolute Gasteiger partial charge is 0.294 e. The fourth-order valence-corrected chi connectivity index (χ4v) is 2.60. The van der Waals surface area contributed by atoms with E-state index < -0.39 is 0 Å². The van der Waals surface area contributed by atoms with Crippen LogP contribution in [0.2, 0.25) is 0 Å². The van der Waals surface area contributed by atoms with Crippen molar-refractivity contribution in [3.05, 3.63) is 35.4 Å². The van der Waals surface area contributed by atoms with Crippen LogP contribution in [-0.4, -0.2) is 18.0 Å². The SMILES string of the molecule is Cc1ccc(C(C)(C)N2CCCCC2)cc1. The molecule has 1 aromatic carbocycles. The second kappa shape index (κ2) is 4.58. The maximum absolute atomic E-state index is 2.63. The molecule has 0 radical (unpaired) electrons. The van der Waals surface area contributed by atoms with E-state index >= 15 is 0 Å². The molecule has 0 N–H and O–H groups in total. The Kier molecular flexibility index (Phi) is 3.34. The van der Waals surface area contributed by atoms with E-state index in [4.69, 9.17) is 0 Å². The van der Waals surface area contributed by atoms with Gasteiger partial charge in [0.1, 0.15) is 0 Å². The van der Waals surface area contributed by atoms with E-state index in [2.05, 4.69) is 49.9 Å². The maximum Gasteiger partial charge on any atom is 0.0404 e. The van der Waals surface area contributed by atoms with Gasteiger partial charge in [-0.3, -0.25) is 4.90 Å². The first kappa shape index (κ1) is 11.7. The monoisotopic (exact) mass is 217 g/mol. The molecule has 1 nitrogen and oxygen atoms in total. The molecular weight excluding hydrogens is 194 g/mol. The average molecular weight is 217 g/mol. The predicted molar refractivity (Wildman–Crippen MR) is 69.6 cm³/mol. The molecule has 0 atom stereocenters. The summed E-state index contributed by atoms with van der Waals surface area (Å²) in [6.07, 6.45) is 4.12. The molecule has 1 saturated heterocycles. The van der Waals surface area contributed by atoms with E-state index in [1.807, 2.05) is 0 Å². The van der Waals surface area contributed by atoms with E-state index in [0.29, 0.717) is 0 Å². The lowest BCUT2D eigenvalue weighted by Crippen LogP contribution is -2.44. The molecule has 0 spiro atoms. The van der Waals surface area contributed by atoms with Gasteiger partial charge in [0.25, 0.3) is 0 Å². The number of hydrogen-bond acceptors (Lipinski definition) is 1. The Hall–Kier alpha value is -0.820. The Morgan fingerprint density at radius 2 is 1.50 bits per heavy atom. The molecule has 0 saturated carbocycles. The standard InChI is InChI=1S/C15H23N/c1-13-7-9-14(10-8-13)15(2,3)16-11-5-4-6-12-16/h7-10H,4-6,11-12H2,1-3H3.